The number of rotatable bonds is 2. The van der Waals surface area contributed by atoms with Crippen LogP contribution in [0.5, 0.6) is 0 Å². The minimum absolute atomic E-state index is 0.272. The summed E-state index contributed by atoms with van der Waals surface area (Å²) in [6, 6.07) is 20.4. The van der Waals surface area contributed by atoms with Gasteiger partial charge in [-0.3, -0.25) is 0 Å². The molecule has 3 aromatic heterocycles. The van der Waals surface area contributed by atoms with Crippen LogP contribution in [0.4, 0.5) is 0 Å². The maximum absolute atomic E-state index is 8.15. The number of aryl methyl sites for hydroxylation is 3. The van der Waals surface area contributed by atoms with Crippen molar-refractivity contribution in [3.05, 3.63) is 83.0 Å². The Morgan fingerprint density at radius 1 is 0.939 bits per heavy atom. The third kappa shape index (κ3) is 2.65. The first-order valence-corrected chi connectivity index (χ1v) is 11.5. The predicted molar refractivity (Wildman–Crippen MR) is 138 cm³/mol. The van der Waals surface area contributed by atoms with Gasteiger partial charge in [0.1, 0.15) is 27.9 Å². The maximum atomic E-state index is 8.15. The highest BCUT2D eigenvalue weighted by Crippen LogP contribution is 2.45. The summed E-state index contributed by atoms with van der Waals surface area (Å²) in [5.41, 5.74) is 7.53. The van der Waals surface area contributed by atoms with Crippen LogP contribution >= 0.6 is 0 Å². The van der Waals surface area contributed by atoms with E-state index in [4.69, 9.17) is 8.53 Å². The van der Waals surface area contributed by atoms with E-state index in [9.17, 15) is 0 Å². The molecule has 3 aromatic carbocycles. The zero-order valence-corrected chi connectivity index (χ0v) is 19.7. The molecule has 0 aliphatic rings. The zero-order valence-electron chi connectivity index (χ0n) is 22.7. The van der Waals surface area contributed by atoms with Crippen molar-refractivity contribution in [3.63, 3.8) is 0 Å². The average molecular weight is 437 g/mol. The van der Waals surface area contributed by atoms with E-state index in [1.807, 2.05) is 36.7 Å². The number of hydrogen-bond donors (Lipinski definition) is 0. The number of furan rings is 1. The lowest BCUT2D eigenvalue weighted by atomic mass is 9.90. The molecule has 0 saturated carbocycles. The zero-order chi connectivity index (χ0) is 25.5. The van der Waals surface area contributed by atoms with Gasteiger partial charge in [0.2, 0.25) is 0 Å². The van der Waals surface area contributed by atoms with E-state index >= 15 is 0 Å². The van der Waals surface area contributed by atoms with Crippen molar-refractivity contribution >= 4 is 43.7 Å². The normalized spacial score (nSPS) is 13.9. The summed E-state index contributed by atoms with van der Waals surface area (Å²) in [5.74, 6) is 1.09. The van der Waals surface area contributed by atoms with Crippen molar-refractivity contribution < 1.29 is 13.1 Å². The van der Waals surface area contributed by atoms with Gasteiger partial charge in [-0.25, -0.2) is 4.57 Å². The monoisotopic (exact) mass is 436 g/mol. The molecule has 0 spiro atoms. The van der Waals surface area contributed by atoms with Gasteiger partial charge in [-0.05, 0) is 62.0 Å². The van der Waals surface area contributed by atoms with Gasteiger partial charge in [0.05, 0.1) is 12.4 Å². The Labute approximate surface area is 198 Å². The van der Waals surface area contributed by atoms with E-state index in [1.165, 1.54) is 16.5 Å². The minimum atomic E-state index is -2.22. The summed E-state index contributed by atoms with van der Waals surface area (Å²) in [4.78, 5) is 0. The van der Waals surface area contributed by atoms with Crippen LogP contribution in [-0.2, 0) is 7.05 Å². The topological polar surface area (TPSA) is 21.9 Å². The molecule has 0 radical (unpaired) electrons. The van der Waals surface area contributed by atoms with Crippen molar-refractivity contribution in [1.82, 2.24) is 4.57 Å². The van der Waals surface area contributed by atoms with Crippen LogP contribution in [0, 0.1) is 20.7 Å². The fourth-order valence-corrected chi connectivity index (χ4v) is 5.58. The average Bonchev–Trinajstić information content (AvgIpc) is 3.36. The van der Waals surface area contributed by atoms with E-state index < -0.39 is 6.85 Å². The molecule has 0 aliphatic heterocycles. The molecule has 0 amide bonds. The molecule has 0 saturated heterocycles. The third-order valence-electron chi connectivity index (χ3n) is 6.96. The number of pyridine rings is 1. The highest BCUT2D eigenvalue weighted by Gasteiger charge is 2.29. The summed E-state index contributed by atoms with van der Waals surface area (Å²) in [7, 11) is 1.84. The molecule has 0 fully saturated rings. The van der Waals surface area contributed by atoms with E-state index in [2.05, 4.69) is 61.7 Å². The largest absolute Gasteiger partial charge is 0.455 e. The van der Waals surface area contributed by atoms with Crippen LogP contribution in [0.2, 0.25) is 0 Å². The molecule has 0 aliphatic carbocycles. The summed E-state index contributed by atoms with van der Waals surface area (Å²) in [6.07, 6.45) is 0. The van der Waals surface area contributed by atoms with Gasteiger partial charge in [0, 0.05) is 31.9 Å². The first kappa shape index (κ1) is 17.0. The van der Waals surface area contributed by atoms with Crippen molar-refractivity contribution in [3.8, 4) is 5.82 Å². The third-order valence-corrected chi connectivity index (χ3v) is 6.96. The smallest absolute Gasteiger partial charge is 0.287 e. The maximum Gasteiger partial charge on any atom is 0.287 e. The molecule has 164 valence electrons. The van der Waals surface area contributed by atoms with E-state index in [0.29, 0.717) is 5.69 Å². The van der Waals surface area contributed by atoms with Gasteiger partial charge in [0.25, 0.3) is 5.82 Å². The molecular weight excluding hydrogens is 404 g/mol. The first-order valence-electron chi connectivity index (χ1n) is 13.0. The molecule has 6 rings (SSSR count). The quantitative estimate of drug-likeness (QED) is 0.257. The van der Waals surface area contributed by atoms with Crippen LogP contribution in [0.15, 0.2) is 65.1 Å². The van der Waals surface area contributed by atoms with Gasteiger partial charge in [-0.15, -0.1) is 0 Å². The van der Waals surface area contributed by atoms with Gasteiger partial charge in [0.15, 0.2) is 0 Å². The standard InChI is InChI=1S/C30H29N2O/c1-17(2)26-20(5)29-28(30-27(26)22-12-8-10-14-24(22)33-30)21-11-7-9-13-23(21)32(29)25-16-18(3)15-19(4)31(25)6/h7-17H,1-6H3/q+1/i4D3. The predicted octanol–water partition coefficient (Wildman–Crippen LogP) is 7.56. The summed E-state index contributed by atoms with van der Waals surface area (Å²) < 4.78 is 35.1. The Morgan fingerprint density at radius 2 is 1.67 bits per heavy atom. The van der Waals surface area contributed by atoms with Gasteiger partial charge >= 0.3 is 0 Å². The number of benzene rings is 3. The number of nitrogens with zero attached hydrogens (tertiary/aromatic N) is 2. The molecule has 0 bridgehead atoms. The second kappa shape index (κ2) is 6.95. The summed E-state index contributed by atoms with van der Waals surface area (Å²) in [6.45, 7) is 6.37. The van der Waals surface area contributed by atoms with Crippen LogP contribution in [0.25, 0.3) is 49.6 Å². The number of hydrogen-bond acceptors (Lipinski definition) is 1. The molecule has 3 heterocycles. The van der Waals surface area contributed by atoms with Crippen LogP contribution < -0.4 is 4.57 Å². The van der Waals surface area contributed by atoms with Gasteiger partial charge in [-0.1, -0.05) is 44.2 Å². The van der Waals surface area contributed by atoms with Crippen molar-refractivity contribution in [2.75, 3.05) is 0 Å². The first-order chi connectivity index (χ1) is 17.1. The number of fused-ring (bicyclic) bond motifs is 7. The van der Waals surface area contributed by atoms with E-state index in [-0.39, 0.29) is 5.92 Å². The Morgan fingerprint density at radius 3 is 2.42 bits per heavy atom. The van der Waals surface area contributed by atoms with Crippen LogP contribution in [0.1, 0.15) is 46.3 Å². The van der Waals surface area contributed by atoms with Crippen LogP contribution in [0.3, 0.4) is 0 Å². The Balaban J connectivity index is 1.91. The molecule has 0 atom stereocenters. The minimum Gasteiger partial charge on any atom is -0.455 e. The fourth-order valence-electron chi connectivity index (χ4n) is 5.58. The second-order valence-corrected chi connectivity index (χ2v) is 9.41. The lowest BCUT2D eigenvalue weighted by Crippen LogP contribution is -2.37. The number of para-hydroxylation sites is 2. The molecular formula is C30H29N2O+. The van der Waals surface area contributed by atoms with Gasteiger partial charge < -0.3 is 4.42 Å². The van der Waals surface area contributed by atoms with E-state index in [1.54, 1.807) is 6.07 Å². The highest BCUT2D eigenvalue weighted by molar-refractivity contribution is 6.25. The molecule has 0 N–H and O–H groups in total. The SMILES string of the molecule is [2H]C([2H])([2H])c1cc(C)cc(-n2c3ccccc3c3c4oc5ccccc5c4c(C(C)C)c(C)c32)[n+]1C. The summed E-state index contributed by atoms with van der Waals surface area (Å²) >= 11 is 0. The molecule has 3 heteroatoms. The van der Waals surface area contributed by atoms with Gasteiger partial charge in [-0.2, -0.15) is 4.57 Å². The Kier molecular flexibility index (Phi) is 3.57. The lowest BCUT2D eigenvalue weighted by Gasteiger charge is -2.14. The fraction of sp³-hybridized carbons (Fsp3) is 0.233. The lowest BCUT2D eigenvalue weighted by molar-refractivity contribution is -0.671. The summed E-state index contributed by atoms with van der Waals surface area (Å²) in [5, 5.41) is 4.46. The van der Waals surface area contributed by atoms with Crippen LogP contribution in [-0.4, -0.2) is 4.57 Å². The molecule has 6 aromatic rings. The molecule has 3 nitrogen and oxygen atoms in total. The van der Waals surface area contributed by atoms with Crippen molar-refractivity contribution in [2.24, 2.45) is 7.05 Å². The Bertz CT molecular complexity index is 1840. The van der Waals surface area contributed by atoms with Crippen molar-refractivity contribution in [1.29, 1.82) is 0 Å². The molecule has 0 unspecified atom stereocenters. The molecule has 33 heavy (non-hydrogen) atoms. The Hall–Kier alpha value is -3.59. The number of aromatic nitrogens is 2. The second-order valence-electron chi connectivity index (χ2n) is 9.41. The highest BCUT2D eigenvalue weighted by atomic mass is 16.3. The van der Waals surface area contributed by atoms with Crippen molar-refractivity contribution in [2.45, 2.75) is 40.5 Å². The van der Waals surface area contributed by atoms with E-state index in [0.717, 1.165) is 49.7 Å².